The van der Waals surface area contributed by atoms with Gasteiger partial charge in [-0.15, -0.1) is 11.3 Å². The predicted octanol–water partition coefficient (Wildman–Crippen LogP) is 1.99. The van der Waals surface area contributed by atoms with Crippen LogP contribution in [0.4, 0.5) is 0 Å². The van der Waals surface area contributed by atoms with E-state index in [0.29, 0.717) is 6.61 Å². The third-order valence-corrected chi connectivity index (χ3v) is 3.68. The molecule has 19 heavy (non-hydrogen) atoms. The zero-order valence-electron chi connectivity index (χ0n) is 11.1. The number of ether oxygens (including phenoxy) is 1. The number of hydrogen-bond donors (Lipinski definition) is 2. The predicted molar refractivity (Wildman–Crippen MR) is 76.0 cm³/mol. The lowest BCUT2D eigenvalue weighted by molar-refractivity contribution is 0.338. The first kappa shape index (κ1) is 13.9. The smallest absolute Gasteiger partial charge is 0.137 e. The van der Waals surface area contributed by atoms with E-state index in [0.717, 1.165) is 28.4 Å². The summed E-state index contributed by atoms with van der Waals surface area (Å²) in [6.45, 7) is 4.56. The van der Waals surface area contributed by atoms with Gasteiger partial charge >= 0.3 is 0 Å². The van der Waals surface area contributed by atoms with Crippen LogP contribution in [-0.2, 0) is 6.42 Å². The highest BCUT2D eigenvalue weighted by Gasteiger charge is 2.14. The molecule has 0 amide bonds. The molecule has 1 unspecified atom stereocenters. The summed E-state index contributed by atoms with van der Waals surface area (Å²) in [4.78, 5) is 8.64. The second-order valence-corrected chi connectivity index (χ2v) is 5.14. The summed E-state index contributed by atoms with van der Waals surface area (Å²) in [6.07, 6.45) is 4.24. The Balaban J connectivity index is 2.14. The highest BCUT2D eigenvalue weighted by Crippen LogP contribution is 2.22. The molecule has 0 aliphatic carbocycles. The summed E-state index contributed by atoms with van der Waals surface area (Å²) in [6, 6.07) is 1.94. The fraction of sp³-hybridized carbons (Fsp3) is 0.385. The van der Waals surface area contributed by atoms with Gasteiger partial charge in [-0.05, 0) is 25.5 Å². The van der Waals surface area contributed by atoms with E-state index >= 15 is 0 Å². The van der Waals surface area contributed by atoms with Gasteiger partial charge in [0.25, 0.3) is 0 Å². The van der Waals surface area contributed by atoms with Crippen LogP contribution < -0.4 is 16.0 Å². The number of nitrogens with two attached hydrogens (primary N) is 1. The quantitative estimate of drug-likeness (QED) is 0.624. The maximum atomic E-state index is 5.64. The van der Waals surface area contributed by atoms with Crippen molar-refractivity contribution in [3.05, 3.63) is 40.1 Å². The second kappa shape index (κ2) is 6.60. The molecule has 0 saturated heterocycles. The number of hydrazine groups is 1. The number of aryl methyl sites for hydroxylation is 1. The molecule has 102 valence electrons. The molecule has 5 nitrogen and oxygen atoms in total. The summed E-state index contributed by atoms with van der Waals surface area (Å²) in [7, 11) is 0. The fourth-order valence-corrected chi connectivity index (χ4v) is 2.63. The van der Waals surface area contributed by atoms with Crippen LogP contribution in [0.2, 0.25) is 0 Å². The maximum absolute atomic E-state index is 5.64. The van der Waals surface area contributed by atoms with E-state index in [1.165, 1.54) is 0 Å². The average Bonchev–Trinajstić information content (AvgIpc) is 2.82. The van der Waals surface area contributed by atoms with Crippen molar-refractivity contribution in [1.29, 1.82) is 0 Å². The van der Waals surface area contributed by atoms with Gasteiger partial charge in [-0.3, -0.25) is 16.3 Å². The normalized spacial score (nSPS) is 12.4. The van der Waals surface area contributed by atoms with Crippen molar-refractivity contribution >= 4 is 11.3 Å². The van der Waals surface area contributed by atoms with Crippen molar-refractivity contribution in [2.24, 2.45) is 5.84 Å². The Morgan fingerprint density at radius 1 is 1.47 bits per heavy atom. The molecule has 0 radical (unpaired) electrons. The molecule has 6 heteroatoms. The Morgan fingerprint density at radius 2 is 2.32 bits per heavy atom. The van der Waals surface area contributed by atoms with Crippen LogP contribution in [0.5, 0.6) is 5.75 Å². The largest absolute Gasteiger partial charge is 0.492 e. The van der Waals surface area contributed by atoms with Gasteiger partial charge in [-0.2, -0.15) is 0 Å². The van der Waals surface area contributed by atoms with E-state index in [1.807, 2.05) is 25.3 Å². The lowest BCUT2D eigenvalue weighted by Crippen LogP contribution is -2.29. The lowest BCUT2D eigenvalue weighted by Gasteiger charge is -2.15. The molecule has 0 bridgehead atoms. The third kappa shape index (κ3) is 3.73. The van der Waals surface area contributed by atoms with E-state index in [2.05, 4.69) is 15.4 Å². The zero-order chi connectivity index (χ0) is 13.7. The molecular formula is C13H18N4OS. The molecule has 0 aliphatic heterocycles. The molecule has 0 spiro atoms. The first-order chi connectivity index (χ1) is 9.22. The molecule has 1 atom stereocenters. The van der Waals surface area contributed by atoms with Gasteiger partial charge in [-0.25, -0.2) is 4.98 Å². The van der Waals surface area contributed by atoms with E-state index in [-0.39, 0.29) is 6.04 Å². The third-order valence-electron chi connectivity index (χ3n) is 2.69. The van der Waals surface area contributed by atoms with Gasteiger partial charge in [0.05, 0.1) is 23.9 Å². The Morgan fingerprint density at radius 3 is 2.95 bits per heavy atom. The fourth-order valence-electron chi connectivity index (χ4n) is 1.82. The monoisotopic (exact) mass is 278 g/mol. The molecule has 0 saturated carbocycles. The summed E-state index contributed by atoms with van der Waals surface area (Å²) in [5, 5.41) is 3.10. The summed E-state index contributed by atoms with van der Waals surface area (Å²) in [5.74, 6) is 6.40. The minimum Gasteiger partial charge on any atom is -0.492 e. The number of nitrogens with one attached hydrogen (secondary N) is 1. The first-order valence-electron chi connectivity index (χ1n) is 6.17. The first-order valence-corrected chi connectivity index (χ1v) is 7.05. The number of hydrogen-bond acceptors (Lipinski definition) is 6. The van der Waals surface area contributed by atoms with E-state index < -0.39 is 0 Å². The van der Waals surface area contributed by atoms with Gasteiger partial charge < -0.3 is 4.74 Å². The van der Waals surface area contributed by atoms with Gasteiger partial charge in [-0.1, -0.05) is 0 Å². The van der Waals surface area contributed by atoms with Gasteiger partial charge in [0, 0.05) is 23.7 Å². The highest BCUT2D eigenvalue weighted by atomic mass is 32.1. The maximum Gasteiger partial charge on any atom is 0.137 e. The van der Waals surface area contributed by atoms with Gasteiger partial charge in [0.15, 0.2) is 0 Å². The van der Waals surface area contributed by atoms with Crippen LogP contribution in [0.1, 0.15) is 29.2 Å². The van der Waals surface area contributed by atoms with E-state index in [1.54, 1.807) is 23.7 Å². The van der Waals surface area contributed by atoms with Crippen molar-refractivity contribution in [3.8, 4) is 5.75 Å². The molecule has 2 aromatic rings. The Hall–Kier alpha value is -1.50. The van der Waals surface area contributed by atoms with Crippen LogP contribution in [0, 0.1) is 6.92 Å². The standard InChI is InChI=1S/C13H18N4OS/c1-3-18-11-4-10(6-15-7-11)12(17-14)5-13-16-9(2)8-19-13/h4,6-8,12,17H,3,5,14H2,1-2H3. The van der Waals surface area contributed by atoms with Crippen LogP contribution in [0.3, 0.4) is 0 Å². The highest BCUT2D eigenvalue weighted by molar-refractivity contribution is 7.09. The molecule has 2 heterocycles. The molecule has 2 aromatic heterocycles. The summed E-state index contributed by atoms with van der Waals surface area (Å²) >= 11 is 1.64. The second-order valence-electron chi connectivity index (χ2n) is 4.19. The van der Waals surface area contributed by atoms with Crippen molar-refractivity contribution < 1.29 is 4.74 Å². The van der Waals surface area contributed by atoms with Crippen molar-refractivity contribution in [1.82, 2.24) is 15.4 Å². The van der Waals surface area contributed by atoms with E-state index in [9.17, 15) is 0 Å². The Kier molecular flexibility index (Phi) is 4.84. The summed E-state index contributed by atoms with van der Waals surface area (Å²) < 4.78 is 5.45. The van der Waals surface area contributed by atoms with Crippen molar-refractivity contribution in [3.63, 3.8) is 0 Å². The topological polar surface area (TPSA) is 73.1 Å². The van der Waals surface area contributed by atoms with Gasteiger partial charge in [0.2, 0.25) is 0 Å². The zero-order valence-corrected chi connectivity index (χ0v) is 11.9. The average molecular weight is 278 g/mol. The molecule has 0 aliphatic rings. The molecule has 2 rings (SSSR count). The van der Waals surface area contributed by atoms with Crippen LogP contribution in [0.15, 0.2) is 23.8 Å². The SMILES string of the molecule is CCOc1cncc(C(Cc2nc(C)cs2)NN)c1. The molecule has 3 N–H and O–H groups in total. The van der Waals surface area contributed by atoms with Crippen LogP contribution in [0.25, 0.3) is 0 Å². The van der Waals surface area contributed by atoms with Crippen molar-refractivity contribution in [2.75, 3.05) is 6.61 Å². The molecule has 0 fully saturated rings. The van der Waals surface area contributed by atoms with E-state index in [4.69, 9.17) is 10.6 Å². The van der Waals surface area contributed by atoms with Crippen LogP contribution >= 0.6 is 11.3 Å². The number of nitrogens with zero attached hydrogens (tertiary/aromatic N) is 2. The molecule has 0 aromatic carbocycles. The minimum atomic E-state index is -0.0153. The number of rotatable bonds is 6. The summed E-state index contributed by atoms with van der Waals surface area (Å²) in [5.41, 5.74) is 4.86. The molecular weight excluding hydrogens is 260 g/mol. The minimum absolute atomic E-state index is 0.0153. The number of aromatic nitrogens is 2. The lowest BCUT2D eigenvalue weighted by atomic mass is 10.1. The van der Waals surface area contributed by atoms with Crippen molar-refractivity contribution in [2.45, 2.75) is 26.3 Å². The Bertz CT molecular complexity index is 529. The van der Waals surface area contributed by atoms with Gasteiger partial charge in [0.1, 0.15) is 5.75 Å². The Labute approximate surface area is 116 Å². The van der Waals surface area contributed by atoms with Crippen LogP contribution in [-0.4, -0.2) is 16.6 Å². The number of thiazole rings is 1. The number of pyridine rings is 1.